The van der Waals surface area contributed by atoms with Crippen LogP contribution in [-0.2, 0) is 16.1 Å². The van der Waals surface area contributed by atoms with Gasteiger partial charge in [0.1, 0.15) is 6.61 Å². The minimum atomic E-state index is -0.694. The van der Waals surface area contributed by atoms with Gasteiger partial charge in [-0.3, -0.25) is 4.79 Å². The molecule has 1 aromatic carbocycles. The predicted octanol–water partition coefficient (Wildman–Crippen LogP) is 2.63. The maximum Gasteiger partial charge on any atom is 0.409 e. The Balaban J connectivity index is 2.09. The van der Waals surface area contributed by atoms with Gasteiger partial charge >= 0.3 is 6.09 Å². The molecule has 1 N–H and O–H groups in total. The summed E-state index contributed by atoms with van der Waals surface area (Å²) in [5, 5.41) is 2.69. The number of ether oxygens (including phenoxy) is 1. The summed E-state index contributed by atoms with van der Waals surface area (Å²) in [5.41, 5.74) is 1.81. The Morgan fingerprint density at radius 1 is 1.27 bits per heavy atom. The Morgan fingerprint density at radius 3 is 2.62 bits per heavy atom. The van der Waals surface area contributed by atoms with Crippen molar-refractivity contribution in [3.05, 3.63) is 65.2 Å². The van der Waals surface area contributed by atoms with Gasteiger partial charge in [-0.1, -0.05) is 30.3 Å². The van der Waals surface area contributed by atoms with Crippen molar-refractivity contribution >= 4 is 12.0 Å². The minimum absolute atomic E-state index is 0.00427. The lowest BCUT2D eigenvalue weighted by atomic mass is 9.99. The Labute approximate surface area is 152 Å². The van der Waals surface area contributed by atoms with Gasteiger partial charge in [0.25, 0.3) is 0 Å². The summed E-state index contributed by atoms with van der Waals surface area (Å²) in [6.07, 6.45) is 0.890. The van der Waals surface area contributed by atoms with Crippen LogP contribution in [0, 0.1) is 12.9 Å². The molecule has 26 heavy (non-hydrogen) atoms. The zero-order chi connectivity index (χ0) is 19.1. The SMILES string of the molecule is Cc1cnc(F)c(CNC(=O)[C@@H](COC(=O)N(C)C)c2ccccc2)c1. The fraction of sp³-hybridized carbons (Fsp3) is 0.316. The van der Waals surface area contributed by atoms with E-state index in [0.29, 0.717) is 11.1 Å². The van der Waals surface area contributed by atoms with E-state index in [0.717, 1.165) is 5.56 Å². The third-order valence-electron chi connectivity index (χ3n) is 3.76. The van der Waals surface area contributed by atoms with E-state index >= 15 is 0 Å². The number of carbonyl (C=O) groups excluding carboxylic acids is 2. The molecule has 138 valence electrons. The highest BCUT2D eigenvalue weighted by Gasteiger charge is 2.23. The Morgan fingerprint density at radius 2 is 1.96 bits per heavy atom. The van der Waals surface area contributed by atoms with Crippen LogP contribution in [0.2, 0.25) is 0 Å². The number of aromatic nitrogens is 1. The van der Waals surface area contributed by atoms with Gasteiger partial charge in [-0.05, 0) is 24.1 Å². The molecule has 0 spiro atoms. The lowest BCUT2D eigenvalue weighted by molar-refractivity contribution is -0.123. The van der Waals surface area contributed by atoms with Crippen molar-refractivity contribution in [2.75, 3.05) is 20.7 Å². The quantitative estimate of drug-likeness (QED) is 0.805. The van der Waals surface area contributed by atoms with Crippen LogP contribution >= 0.6 is 0 Å². The van der Waals surface area contributed by atoms with Gasteiger partial charge in [-0.2, -0.15) is 4.39 Å². The highest BCUT2D eigenvalue weighted by molar-refractivity contribution is 5.84. The van der Waals surface area contributed by atoms with Crippen LogP contribution < -0.4 is 5.32 Å². The molecular formula is C19H22FN3O3. The molecule has 2 aromatic rings. The van der Waals surface area contributed by atoms with E-state index in [2.05, 4.69) is 10.3 Å². The first kappa shape index (κ1) is 19.4. The lowest BCUT2D eigenvalue weighted by Crippen LogP contribution is -2.34. The van der Waals surface area contributed by atoms with Crippen molar-refractivity contribution < 1.29 is 18.7 Å². The number of carbonyl (C=O) groups is 2. The van der Waals surface area contributed by atoms with Crippen LogP contribution in [0.3, 0.4) is 0 Å². The van der Waals surface area contributed by atoms with E-state index in [1.54, 1.807) is 51.4 Å². The molecule has 0 aliphatic rings. The van der Waals surface area contributed by atoms with Crippen LogP contribution in [-0.4, -0.2) is 42.6 Å². The molecule has 0 fully saturated rings. The number of nitrogens with one attached hydrogen (secondary N) is 1. The summed E-state index contributed by atoms with van der Waals surface area (Å²) < 4.78 is 18.9. The first-order valence-corrected chi connectivity index (χ1v) is 8.16. The van der Waals surface area contributed by atoms with Gasteiger partial charge in [0, 0.05) is 32.4 Å². The number of aryl methyl sites for hydroxylation is 1. The highest BCUT2D eigenvalue weighted by atomic mass is 19.1. The van der Waals surface area contributed by atoms with Crippen LogP contribution in [0.25, 0.3) is 0 Å². The molecule has 0 aliphatic heterocycles. The van der Waals surface area contributed by atoms with Crippen molar-refractivity contribution in [2.45, 2.75) is 19.4 Å². The van der Waals surface area contributed by atoms with E-state index in [1.807, 2.05) is 6.07 Å². The van der Waals surface area contributed by atoms with Crippen molar-refractivity contribution in [3.63, 3.8) is 0 Å². The number of amides is 2. The maximum atomic E-state index is 13.7. The van der Waals surface area contributed by atoms with Gasteiger partial charge in [-0.25, -0.2) is 9.78 Å². The number of halogens is 1. The third-order valence-corrected chi connectivity index (χ3v) is 3.76. The molecule has 2 amide bonds. The Kier molecular flexibility index (Phi) is 6.66. The standard InChI is InChI=1S/C19H22FN3O3/c1-13-9-15(17(20)21-10-13)11-22-18(24)16(12-26-19(25)23(2)3)14-7-5-4-6-8-14/h4-10,16H,11-12H2,1-3H3,(H,22,24)/t16-/m0/s1. The van der Waals surface area contributed by atoms with Crippen LogP contribution in [0.1, 0.15) is 22.6 Å². The molecule has 0 aliphatic carbocycles. The molecule has 0 bridgehead atoms. The first-order chi connectivity index (χ1) is 12.4. The number of hydrogen-bond acceptors (Lipinski definition) is 4. The summed E-state index contributed by atoms with van der Waals surface area (Å²) in [7, 11) is 3.13. The number of hydrogen-bond donors (Lipinski definition) is 1. The van der Waals surface area contributed by atoms with Crippen molar-refractivity contribution in [1.82, 2.24) is 15.2 Å². The zero-order valence-corrected chi connectivity index (χ0v) is 15.0. The summed E-state index contributed by atoms with van der Waals surface area (Å²) in [5.74, 6) is -1.67. The van der Waals surface area contributed by atoms with Crippen LogP contribution in [0.4, 0.5) is 9.18 Å². The van der Waals surface area contributed by atoms with Crippen molar-refractivity contribution in [3.8, 4) is 0 Å². The van der Waals surface area contributed by atoms with E-state index in [-0.39, 0.29) is 19.1 Å². The second-order valence-electron chi connectivity index (χ2n) is 6.12. The Bertz CT molecular complexity index is 766. The van der Waals surface area contributed by atoms with Gasteiger partial charge in [0.15, 0.2) is 0 Å². The maximum absolute atomic E-state index is 13.7. The van der Waals surface area contributed by atoms with Crippen molar-refractivity contribution in [2.24, 2.45) is 0 Å². The minimum Gasteiger partial charge on any atom is -0.448 e. The molecule has 1 heterocycles. The van der Waals surface area contributed by atoms with Gasteiger partial charge < -0.3 is 15.0 Å². The zero-order valence-electron chi connectivity index (χ0n) is 15.0. The molecule has 0 unspecified atom stereocenters. The second-order valence-corrected chi connectivity index (χ2v) is 6.12. The van der Waals surface area contributed by atoms with Crippen molar-refractivity contribution in [1.29, 1.82) is 0 Å². The number of pyridine rings is 1. The average molecular weight is 359 g/mol. The normalized spacial score (nSPS) is 11.5. The second kappa shape index (κ2) is 8.94. The molecule has 0 radical (unpaired) electrons. The number of benzene rings is 1. The fourth-order valence-corrected chi connectivity index (χ4v) is 2.33. The summed E-state index contributed by atoms with van der Waals surface area (Å²) in [4.78, 5) is 29.2. The third kappa shape index (κ3) is 5.27. The average Bonchev–Trinajstić information content (AvgIpc) is 2.63. The summed E-state index contributed by atoms with van der Waals surface area (Å²) in [6.45, 7) is 1.69. The summed E-state index contributed by atoms with van der Waals surface area (Å²) >= 11 is 0. The van der Waals surface area contributed by atoms with Crippen LogP contribution in [0.5, 0.6) is 0 Å². The molecule has 1 aromatic heterocycles. The van der Waals surface area contributed by atoms with Gasteiger partial charge in [0.05, 0.1) is 5.92 Å². The number of rotatable bonds is 6. The first-order valence-electron chi connectivity index (χ1n) is 8.16. The van der Waals surface area contributed by atoms with Gasteiger partial charge in [0.2, 0.25) is 11.9 Å². The fourth-order valence-electron chi connectivity index (χ4n) is 2.33. The van der Waals surface area contributed by atoms with E-state index in [9.17, 15) is 14.0 Å². The molecular weight excluding hydrogens is 337 g/mol. The smallest absolute Gasteiger partial charge is 0.409 e. The number of nitrogens with zero attached hydrogens (tertiary/aromatic N) is 2. The van der Waals surface area contributed by atoms with Gasteiger partial charge in [-0.15, -0.1) is 0 Å². The topological polar surface area (TPSA) is 71.5 Å². The molecule has 0 saturated carbocycles. The predicted molar refractivity (Wildman–Crippen MR) is 95.0 cm³/mol. The molecule has 6 nitrogen and oxygen atoms in total. The molecule has 1 atom stereocenters. The van der Waals surface area contributed by atoms with E-state index in [4.69, 9.17) is 4.74 Å². The largest absolute Gasteiger partial charge is 0.448 e. The van der Waals surface area contributed by atoms with E-state index in [1.165, 1.54) is 11.1 Å². The molecule has 0 saturated heterocycles. The monoisotopic (exact) mass is 359 g/mol. The summed E-state index contributed by atoms with van der Waals surface area (Å²) in [6, 6.07) is 10.6. The highest BCUT2D eigenvalue weighted by Crippen LogP contribution is 2.17. The van der Waals surface area contributed by atoms with E-state index < -0.39 is 18.0 Å². The molecule has 7 heteroatoms. The lowest BCUT2D eigenvalue weighted by Gasteiger charge is -2.19. The van der Waals surface area contributed by atoms with Crippen LogP contribution in [0.15, 0.2) is 42.6 Å². The Hall–Kier alpha value is -2.96. The molecule has 2 rings (SSSR count).